The largest absolute Gasteiger partial charge is 0.483 e. The van der Waals surface area contributed by atoms with Gasteiger partial charge in [-0.3, -0.25) is 9.59 Å². The Balaban J connectivity index is 2.22. The van der Waals surface area contributed by atoms with E-state index in [1.54, 1.807) is 25.1 Å². The number of carbonyl (C=O) groups is 2. The minimum atomic E-state index is -0.675. The quantitative estimate of drug-likeness (QED) is 0.696. The molecule has 2 rings (SSSR count). The van der Waals surface area contributed by atoms with Crippen molar-refractivity contribution in [1.82, 2.24) is 10.2 Å². The van der Waals surface area contributed by atoms with Gasteiger partial charge in [0, 0.05) is 13.6 Å². The molecule has 1 atom stereocenters. The van der Waals surface area contributed by atoms with Crippen LogP contribution >= 0.6 is 23.2 Å². The molecule has 1 N–H and O–H groups in total. The van der Waals surface area contributed by atoms with E-state index in [0.29, 0.717) is 15.8 Å². The molecule has 0 saturated heterocycles. The van der Waals surface area contributed by atoms with Crippen LogP contribution in [0.15, 0.2) is 30.3 Å². The molecule has 2 aromatic rings. The van der Waals surface area contributed by atoms with E-state index in [9.17, 15) is 9.59 Å². The fraction of sp³-hybridized carbons (Fsp3) is 0.364. The third-order valence-electron chi connectivity index (χ3n) is 4.87. The van der Waals surface area contributed by atoms with Crippen molar-refractivity contribution in [2.24, 2.45) is 0 Å². The second kappa shape index (κ2) is 9.99. The molecule has 0 aromatic heterocycles. The maximum absolute atomic E-state index is 13.0. The number of carbonyl (C=O) groups excluding carboxylic acids is 2. The molecule has 29 heavy (non-hydrogen) atoms. The van der Waals surface area contributed by atoms with Gasteiger partial charge in [0.05, 0.1) is 10.0 Å². The Labute approximate surface area is 181 Å². The number of amides is 2. The van der Waals surface area contributed by atoms with Gasteiger partial charge in [-0.25, -0.2) is 0 Å². The van der Waals surface area contributed by atoms with Crippen molar-refractivity contribution in [3.63, 3.8) is 0 Å². The van der Waals surface area contributed by atoms with Crippen LogP contribution < -0.4 is 10.1 Å². The molecule has 2 aromatic carbocycles. The predicted octanol–water partition coefficient (Wildman–Crippen LogP) is 4.46. The highest BCUT2D eigenvalue weighted by Gasteiger charge is 2.26. The Morgan fingerprint density at radius 1 is 1.10 bits per heavy atom. The molecule has 0 unspecified atom stereocenters. The first-order valence-electron chi connectivity index (χ1n) is 9.29. The van der Waals surface area contributed by atoms with Crippen molar-refractivity contribution in [2.75, 3.05) is 13.7 Å². The summed E-state index contributed by atoms with van der Waals surface area (Å²) in [4.78, 5) is 26.6. The number of halogens is 2. The predicted molar refractivity (Wildman–Crippen MR) is 117 cm³/mol. The molecule has 0 bridgehead atoms. The van der Waals surface area contributed by atoms with Crippen LogP contribution in [0.2, 0.25) is 10.0 Å². The maximum atomic E-state index is 13.0. The van der Waals surface area contributed by atoms with Gasteiger partial charge in [0.1, 0.15) is 11.8 Å². The van der Waals surface area contributed by atoms with Crippen LogP contribution in [0.1, 0.15) is 29.2 Å². The van der Waals surface area contributed by atoms with Gasteiger partial charge < -0.3 is 15.0 Å². The molecule has 0 radical (unpaired) electrons. The van der Waals surface area contributed by atoms with Crippen molar-refractivity contribution in [3.8, 4) is 5.75 Å². The number of hydrogen-bond donors (Lipinski definition) is 1. The Kier molecular flexibility index (Phi) is 7.94. The molecule has 7 heteroatoms. The van der Waals surface area contributed by atoms with Gasteiger partial charge in [-0.15, -0.1) is 0 Å². The standard InChI is InChI=1S/C22H26Cl2N2O3/c1-13-8-14(2)15(3)20(9-13)29-12-21(27)26(16(4)22(28)25-5)11-17-6-7-18(23)19(24)10-17/h6-10,16H,11-12H2,1-5H3,(H,25,28)/t16-/m1/s1. The number of hydrogen-bond acceptors (Lipinski definition) is 3. The van der Waals surface area contributed by atoms with E-state index in [2.05, 4.69) is 11.4 Å². The molecule has 0 aliphatic rings. The highest BCUT2D eigenvalue weighted by molar-refractivity contribution is 6.42. The SMILES string of the molecule is CNC(=O)[C@@H](C)N(Cc1ccc(Cl)c(Cl)c1)C(=O)COc1cc(C)cc(C)c1C. The third kappa shape index (κ3) is 5.87. The van der Waals surface area contributed by atoms with Crippen molar-refractivity contribution in [3.05, 3.63) is 62.6 Å². The first kappa shape index (κ1) is 23.0. The number of benzene rings is 2. The van der Waals surface area contributed by atoms with E-state index in [1.165, 1.54) is 11.9 Å². The summed E-state index contributed by atoms with van der Waals surface area (Å²) >= 11 is 12.1. The Morgan fingerprint density at radius 2 is 1.79 bits per heavy atom. The highest BCUT2D eigenvalue weighted by atomic mass is 35.5. The van der Waals surface area contributed by atoms with E-state index in [4.69, 9.17) is 27.9 Å². The zero-order valence-electron chi connectivity index (χ0n) is 17.3. The van der Waals surface area contributed by atoms with Gasteiger partial charge >= 0.3 is 0 Å². The molecule has 0 aliphatic carbocycles. The van der Waals surface area contributed by atoms with Crippen LogP contribution in [-0.4, -0.2) is 36.4 Å². The summed E-state index contributed by atoms with van der Waals surface area (Å²) in [6, 6.07) is 8.43. The Morgan fingerprint density at radius 3 is 2.41 bits per heavy atom. The summed E-state index contributed by atoms with van der Waals surface area (Å²) in [5.41, 5.74) is 3.91. The van der Waals surface area contributed by atoms with Crippen LogP contribution in [-0.2, 0) is 16.1 Å². The fourth-order valence-electron chi connectivity index (χ4n) is 3.00. The van der Waals surface area contributed by atoms with E-state index in [1.807, 2.05) is 26.8 Å². The maximum Gasteiger partial charge on any atom is 0.261 e. The average molecular weight is 437 g/mol. The second-order valence-corrected chi connectivity index (χ2v) is 7.87. The molecular formula is C22H26Cl2N2O3. The van der Waals surface area contributed by atoms with Gasteiger partial charge in [-0.2, -0.15) is 0 Å². The highest BCUT2D eigenvalue weighted by Crippen LogP contribution is 2.25. The van der Waals surface area contributed by atoms with Crippen LogP contribution in [0.5, 0.6) is 5.75 Å². The van der Waals surface area contributed by atoms with Crippen LogP contribution in [0.3, 0.4) is 0 Å². The zero-order chi connectivity index (χ0) is 21.7. The first-order chi connectivity index (χ1) is 13.6. The molecular weight excluding hydrogens is 411 g/mol. The smallest absolute Gasteiger partial charge is 0.261 e. The number of rotatable bonds is 7. The number of nitrogens with zero attached hydrogens (tertiary/aromatic N) is 1. The molecule has 0 aliphatic heterocycles. The number of aryl methyl sites for hydroxylation is 2. The van der Waals surface area contributed by atoms with Crippen molar-refractivity contribution >= 4 is 35.0 Å². The van der Waals surface area contributed by atoms with Crippen molar-refractivity contribution < 1.29 is 14.3 Å². The van der Waals surface area contributed by atoms with E-state index >= 15 is 0 Å². The molecule has 156 valence electrons. The van der Waals surface area contributed by atoms with Gasteiger partial charge in [0.25, 0.3) is 5.91 Å². The van der Waals surface area contributed by atoms with Crippen molar-refractivity contribution in [2.45, 2.75) is 40.3 Å². The molecule has 0 heterocycles. The van der Waals surface area contributed by atoms with E-state index in [0.717, 1.165) is 22.3 Å². The summed E-state index contributed by atoms with van der Waals surface area (Å²) in [6.45, 7) is 7.64. The summed E-state index contributed by atoms with van der Waals surface area (Å²) in [5, 5.41) is 3.41. The topological polar surface area (TPSA) is 58.6 Å². The molecule has 5 nitrogen and oxygen atoms in total. The molecule has 0 fully saturated rings. The second-order valence-electron chi connectivity index (χ2n) is 7.05. The number of likely N-dealkylation sites (N-methyl/N-ethyl adjacent to an activating group) is 1. The van der Waals surface area contributed by atoms with Crippen LogP contribution in [0.25, 0.3) is 0 Å². The number of ether oxygens (including phenoxy) is 1. The minimum absolute atomic E-state index is 0.174. The summed E-state index contributed by atoms with van der Waals surface area (Å²) < 4.78 is 5.82. The van der Waals surface area contributed by atoms with Crippen LogP contribution in [0, 0.1) is 20.8 Å². The summed E-state index contributed by atoms with van der Waals surface area (Å²) in [7, 11) is 1.54. The van der Waals surface area contributed by atoms with E-state index < -0.39 is 6.04 Å². The Bertz CT molecular complexity index is 915. The van der Waals surface area contributed by atoms with Gasteiger partial charge in [0.15, 0.2) is 6.61 Å². The van der Waals surface area contributed by atoms with Gasteiger partial charge in [0.2, 0.25) is 5.91 Å². The Hall–Kier alpha value is -2.24. The lowest BCUT2D eigenvalue weighted by atomic mass is 10.1. The minimum Gasteiger partial charge on any atom is -0.483 e. The lowest BCUT2D eigenvalue weighted by molar-refractivity contribution is -0.142. The fourth-order valence-corrected chi connectivity index (χ4v) is 3.32. The third-order valence-corrected chi connectivity index (χ3v) is 5.60. The van der Waals surface area contributed by atoms with Crippen LogP contribution in [0.4, 0.5) is 0 Å². The average Bonchev–Trinajstić information content (AvgIpc) is 2.68. The summed E-state index contributed by atoms with van der Waals surface area (Å²) in [6.07, 6.45) is 0. The van der Waals surface area contributed by atoms with Gasteiger partial charge in [-0.05, 0) is 68.1 Å². The molecule has 0 spiro atoms. The zero-order valence-corrected chi connectivity index (χ0v) is 18.8. The van der Waals surface area contributed by atoms with Gasteiger partial charge in [-0.1, -0.05) is 35.3 Å². The summed E-state index contributed by atoms with van der Waals surface area (Å²) in [5.74, 6) is 0.102. The number of nitrogens with one attached hydrogen (secondary N) is 1. The normalized spacial score (nSPS) is 11.7. The molecule has 0 saturated carbocycles. The lowest BCUT2D eigenvalue weighted by Crippen LogP contribution is -2.48. The first-order valence-corrected chi connectivity index (χ1v) is 10.0. The van der Waals surface area contributed by atoms with Crippen molar-refractivity contribution in [1.29, 1.82) is 0 Å². The monoisotopic (exact) mass is 436 g/mol. The van der Waals surface area contributed by atoms with E-state index in [-0.39, 0.29) is 25.0 Å². The lowest BCUT2D eigenvalue weighted by Gasteiger charge is -2.28. The molecule has 2 amide bonds.